The van der Waals surface area contributed by atoms with Crippen molar-refractivity contribution in [2.45, 2.75) is 0 Å². The van der Waals surface area contributed by atoms with E-state index in [4.69, 9.17) is 0 Å². The van der Waals surface area contributed by atoms with Crippen molar-refractivity contribution in [1.29, 1.82) is 0 Å². The number of carbonyl (C=O) groups excluding carboxylic acids is 1. The monoisotopic (exact) mass is 280 g/mol. The van der Waals surface area contributed by atoms with E-state index in [0.29, 0.717) is 0 Å². The molecule has 0 aliphatic heterocycles. The summed E-state index contributed by atoms with van der Waals surface area (Å²) in [6.45, 7) is 0. The highest BCUT2D eigenvalue weighted by molar-refractivity contribution is 7.14. The van der Waals surface area contributed by atoms with E-state index in [2.05, 4.69) is 42.0 Å². The zero-order valence-corrected chi connectivity index (χ0v) is 11.9. The second-order valence-corrected chi connectivity index (χ2v) is 5.71. The number of pyridine rings is 1. The van der Waals surface area contributed by atoms with Crippen LogP contribution in [0.5, 0.6) is 0 Å². The van der Waals surface area contributed by atoms with Crippen LogP contribution < -0.4 is 4.57 Å². The molecule has 98 valence electrons. The summed E-state index contributed by atoms with van der Waals surface area (Å²) in [6, 6.07) is 16.4. The van der Waals surface area contributed by atoms with Crippen LogP contribution in [0.25, 0.3) is 23.1 Å². The fourth-order valence-electron chi connectivity index (χ4n) is 2.22. The first-order chi connectivity index (χ1) is 9.78. The summed E-state index contributed by atoms with van der Waals surface area (Å²) in [5.41, 5.74) is 2.33. The number of benzene rings is 1. The van der Waals surface area contributed by atoms with Gasteiger partial charge in [-0.2, -0.15) is 4.57 Å². The molecule has 0 saturated heterocycles. The second kappa shape index (κ2) is 5.39. The van der Waals surface area contributed by atoms with Gasteiger partial charge in [0.1, 0.15) is 7.05 Å². The summed E-state index contributed by atoms with van der Waals surface area (Å²) in [7, 11) is 2.06. The largest absolute Gasteiger partial charge is 0.297 e. The zero-order chi connectivity index (χ0) is 13.9. The molecule has 20 heavy (non-hydrogen) atoms. The molecule has 0 aliphatic carbocycles. The minimum absolute atomic E-state index is 0.757. The van der Waals surface area contributed by atoms with E-state index in [1.807, 2.05) is 30.3 Å². The van der Waals surface area contributed by atoms with Gasteiger partial charge in [0.2, 0.25) is 11.2 Å². The molecule has 0 radical (unpaired) electrons. The molecule has 3 heteroatoms. The van der Waals surface area contributed by atoms with Crippen LogP contribution in [0.4, 0.5) is 0 Å². The fourth-order valence-corrected chi connectivity index (χ4v) is 2.94. The lowest BCUT2D eigenvalue weighted by Crippen LogP contribution is -2.32. The number of carbonyl (C=O) groups is 1. The summed E-state index contributed by atoms with van der Waals surface area (Å²) < 4.78 is 2.17. The topological polar surface area (TPSA) is 20.9 Å². The summed E-state index contributed by atoms with van der Waals surface area (Å²) in [4.78, 5) is 12.5. The minimum atomic E-state index is 0.757. The van der Waals surface area contributed by atoms with Gasteiger partial charge in [0.25, 0.3) is 0 Å². The maximum atomic E-state index is 10.7. The number of aldehydes is 1. The van der Waals surface area contributed by atoms with Crippen LogP contribution in [0.15, 0.2) is 48.5 Å². The first kappa shape index (κ1) is 12.8. The Kier molecular flexibility index (Phi) is 3.44. The van der Waals surface area contributed by atoms with Crippen molar-refractivity contribution in [1.82, 2.24) is 0 Å². The van der Waals surface area contributed by atoms with Gasteiger partial charge < -0.3 is 0 Å². The van der Waals surface area contributed by atoms with Crippen molar-refractivity contribution in [2.24, 2.45) is 7.05 Å². The smallest absolute Gasteiger partial charge is 0.212 e. The van der Waals surface area contributed by atoms with Crippen LogP contribution in [-0.2, 0) is 7.05 Å². The quantitative estimate of drug-likeness (QED) is 0.529. The molecule has 0 spiro atoms. The van der Waals surface area contributed by atoms with Gasteiger partial charge in [-0.1, -0.05) is 12.1 Å². The highest BCUT2D eigenvalue weighted by atomic mass is 32.1. The predicted molar refractivity (Wildman–Crippen MR) is 83.8 cm³/mol. The predicted octanol–water partition coefficient (Wildman–Crippen LogP) is 3.71. The summed E-state index contributed by atoms with van der Waals surface area (Å²) in [5, 5.41) is 1.23. The third kappa shape index (κ3) is 2.40. The molecule has 0 aliphatic rings. The summed E-state index contributed by atoms with van der Waals surface area (Å²) in [6.07, 6.45) is 5.01. The number of thiophene rings is 1. The van der Waals surface area contributed by atoms with Crippen molar-refractivity contribution in [3.8, 4) is 0 Å². The van der Waals surface area contributed by atoms with E-state index >= 15 is 0 Å². The number of rotatable bonds is 3. The Balaban J connectivity index is 1.98. The number of para-hydroxylation sites is 1. The lowest BCUT2D eigenvalue weighted by Gasteiger charge is -1.99. The van der Waals surface area contributed by atoms with E-state index in [9.17, 15) is 4.79 Å². The number of hydrogen-bond donors (Lipinski definition) is 0. The van der Waals surface area contributed by atoms with Crippen molar-refractivity contribution < 1.29 is 9.36 Å². The number of fused-ring (bicyclic) bond motifs is 1. The molecule has 0 N–H and O–H groups in total. The molecule has 0 fully saturated rings. The Labute approximate surface area is 121 Å². The first-order valence-corrected chi connectivity index (χ1v) is 7.20. The number of aryl methyl sites for hydroxylation is 1. The maximum absolute atomic E-state index is 10.7. The van der Waals surface area contributed by atoms with Crippen molar-refractivity contribution in [3.63, 3.8) is 0 Å². The van der Waals surface area contributed by atoms with Crippen LogP contribution in [0.3, 0.4) is 0 Å². The van der Waals surface area contributed by atoms with Crippen LogP contribution >= 0.6 is 11.3 Å². The molecule has 0 bridgehead atoms. The normalized spacial score (nSPS) is 11.2. The van der Waals surface area contributed by atoms with E-state index < -0.39 is 0 Å². The number of hydrogen-bond acceptors (Lipinski definition) is 2. The van der Waals surface area contributed by atoms with Gasteiger partial charge in [-0.15, -0.1) is 11.3 Å². The first-order valence-electron chi connectivity index (χ1n) is 6.39. The van der Waals surface area contributed by atoms with Crippen molar-refractivity contribution >= 4 is 40.7 Å². The van der Waals surface area contributed by atoms with Gasteiger partial charge in [-0.25, -0.2) is 0 Å². The van der Waals surface area contributed by atoms with Crippen LogP contribution in [-0.4, -0.2) is 6.29 Å². The summed E-state index contributed by atoms with van der Waals surface area (Å²) >= 11 is 1.50. The maximum Gasteiger partial charge on any atom is 0.212 e. The second-order valence-electron chi connectivity index (χ2n) is 4.57. The number of nitrogens with zero attached hydrogens (tertiary/aromatic N) is 1. The Morgan fingerprint density at radius 3 is 2.55 bits per heavy atom. The Hall–Kier alpha value is -2.26. The van der Waals surface area contributed by atoms with Crippen LogP contribution in [0.2, 0.25) is 0 Å². The molecule has 2 nitrogen and oxygen atoms in total. The molecular formula is C17H14NOS+. The molecule has 0 amide bonds. The Bertz CT molecular complexity index is 802. The lowest BCUT2D eigenvalue weighted by molar-refractivity contribution is -0.646. The van der Waals surface area contributed by atoms with Gasteiger partial charge in [-0.3, -0.25) is 4.79 Å². The zero-order valence-electron chi connectivity index (χ0n) is 11.1. The average molecular weight is 280 g/mol. The molecule has 2 heterocycles. The molecule has 0 unspecified atom stereocenters. The standard InChI is InChI=1S/C17H14NOS/c1-18-14(7-6-13-4-2-3-5-17(13)18)8-9-15-10-11-16(12-19)20-15/h2-12H,1H3/q+1. The Morgan fingerprint density at radius 1 is 0.950 bits per heavy atom. The van der Waals surface area contributed by atoms with Gasteiger partial charge >= 0.3 is 0 Å². The molecule has 3 rings (SSSR count). The average Bonchev–Trinajstić information content (AvgIpc) is 2.95. The van der Waals surface area contributed by atoms with Gasteiger partial charge in [0, 0.05) is 28.5 Å². The van der Waals surface area contributed by atoms with E-state index in [-0.39, 0.29) is 0 Å². The fraction of sp³-hybridized carbons (Fsp3) is 0.0588. The molecular weight excluding hydrogens is 266 g/mol. The third-order valence-electron chi connectivity index (χ3n) is 3.30. The van der Waals surface area contributed by atoms with Gasteiger partial charge in [0.15, 0.2) is 6.29 Å². The minimum Gasteiger partial charge on any atom is -0.297 e. The Morgan fingerprint density at radius 2 is 1.75 bits per heavy atom. The van der Waals surface area contributed by atoms with E-state index in [1.165, 1.54) is 22.2 Å². The number of aromatic nitrogens is 1. The van der Waals surface area contributed by atoms with Crippen molar-refractivity contribution in [3.05, 3.63) is 64.0 Å². The van der Waals surface area contributed by atoms with Crippen LogP contribution in [0, 0.1) is 0 Å². The molecule has 0 atom stereocenters. The van der Waals surface area contributed by atoms with Crippen LogP contribution in [0.1, 0.15) is 20.2 Å². The van der Waals surface area contributed by atoms with E-state index in [0.717, 1.165) is 21.7 Å². The van der Waals surface area contributed by atoms with E-state index in [1.54, 1.807) is 0 Å². The molecule has 1 aromatic carbocycles. The molecule has 3 aromatic rings. The van der Waals surface area contributed by atoms with Gasteiger partial charge in [-0.05, 0) is 30.3 Å². The SMILES string of the molecule is C[n+]1c(C=Cc2ccc(C=O)s2)ccc2ccccc21. The van der Waals surface area contributed by atoms with Crippen molar-refractivity contribution in [2.75, 3.05) is 0 Å². The highest BCUT2D eigenvalue weighted by Gasteiger charge is 2.08. The third-order valence-corrected chi connectivity index (χ3v) is 4.28. The highest BCUT2D eigenvalue weighted by Crippen LogP contribution is 2.17. The summed E-state index contributed by atoms with van der Waals surface area (Å²) in [5.74, 6) is 0. The lowest BCUT2D eigenvalue weighted by atomic mass is 10.2. The molecule has 2 aromatic heterocycles. The van der Waals surface area contributed by atoms with Gasteiger partial charge in [0.05, 0.1) is 4.88 Å². The molecule has 0 saturated carbocycles.